The summed E-state index contributed by atoms with van der Waals surface area (Å²) in [6, 6.07) is 33.4. The van der Waals surface area contributed by atoms with Crippen LogP contribution in [0, 0.1) is 11.3 Å². The Hall–Kier alpha value is -3.35. The summed E-state index contributed by atoms with van der Waals surface area (Å²) in [6.07, 6.45) is 0. The number of nitrogens with zero attached hydrogens (tertiary/aromatic N) is 2. The van der Waals surface area contributed by atoms with Gasteiger partial charge in [-0.1, -0.05) is 52.3 Å². The van der Waals surface area contributed by atoms with Crippen molar-refractivity contribution >= 4 is 37.7 Å². The van der Waals surface area contributed by atoms with Crippen molar-refractivity contribution in [3.8, 4) is 22.9 Å². The molecular weight excluding hydrogens is 408 g/mol. The van der Waals surface area contributed by atoms with Crippen LogP contribution in [0.3, 0.4) is 0 Å². The summed E-state index contributed by atoms with van der Waals surface area (Å²) >= 11 is 3.51. The molecule has 0 fully saturated rings. The van der Waals surface area contributed by atoms with E-state index in [-0.39, 0.29) is 0 Å². The van der Waals surface area contributed by atoms with Gasteiger partial charge in [-0.2, -0.15) is 5.26 Å². The van der Waals surface area contributed by atoms with Crippen LogP contribution in [0.2, 0.25) is 0 Å². The van der Waals surface area contributed by atoms with E-state index in [1.807, 2.05) is 24.3 Å². The molecule has 0 unspecified atom stereocenters. The maximum absolute atomic E-state index is 9.10. The maximum atomic E-state index is 9.10. The lowest BCUT2D eigenvalue weighted by Crippen LogP contribution is -1.93. The van der Waals surface area contributed by atoms with Crippen LogP contribution in [0.1, 0.15) is 5.56 Å². The fourth-order valence-electron chi connectivity index (χ4n) is 3.76. The molecule has 1 aromatic heterocycles. The largest absolute Gasteiger partial charge is 0.309 e. The average Bonchev–Trinajstić information content (AvgIpc) is 3.08. The second-order valence-corrected chi connectivity index (χ2v) is 7.67. The highest BCUT2D eigenvalue weighted by atomic mass is 79.9. The van der Waals surface area contributed by atoms with Crippen molar-refractivity contribution in [2.75, 3.05) is 0 Å². The first-order chi connectivity index (χ1) is 13.7. The van der Waals surface area contributed by atoms with Crippen molar-refractivity contribution in [2.45, 2.75) is 0 Å². The number of fused-ring (bicyclic) bond motifs is 3. The summed E-state index contributed by atoms with van der Waals surface area (Å²) in [4.78, 5) is 0. The lowest BCUT2D eigenvalue weighted by molar-refractivity contribution is 1.18. The number of rotatable bonds is 2. The Bertz CT molecular complexity index is 1350. The average molecular weight is 423 g/mol. The number of halogens is 1. The van der Waals surface area contributed by atoms with Gasteiger partial charge in [0.1, 0.15) is 0 Å². The van der Waals surface area contributed by atoms with Crippen molar-refractivity contribution in [1.82, 2.24) is 4.57 Å². The first-order valence-corrected chi connectivity index (χ1v) is 9.83. The van der Waals surface area contributed by atoms with E-state index in [0.717, 1.165) is 21.2 Å². The molecule has 0 amide bonds. The summed E-state index contributed by atoms with van der Waals surface area (Å²) < 4.78 is 3.34. The minimum Gasteiger partial charge on any atom is -0.309 e. The van der Waals surface area contributed by atoms with E-state index in [2.05, 4.69) is 93.3 Å². The van der Waals surface area contributed by atoms with Gasteiger partial charge in [0, 0.05) is 20.9 Å². The first kappa shape index (κ1) is 16.8. The lowest BCUT2D eigenvalue weighted by atomic mass is 10.0. The molecule has 5 aromatic rings. The topological polar surface area (TPSA) is 28.7 Å². The molecule has 0 aliphatic carbocycles. The number of hydrogen-bond donors (Lipinski definition) is 0. The predicted molar refractivity (Wildman–Crippen MR) is 119 cm³/mol. The Morgan fingerprint density at radius 1 is 0.679 bits per heavy atom. The molecule has 4 aromatic carbocycles. The molecule has 5 rings (SSSR count). The van der Waals surface area contributed by atoms with E-state index in [9.17, 15) is 0 Å². The van der Waals surface area contributed by atoms with E-state index in [1.165, 1.54) is 21.9 Å². The van der Waals surface area contributed by atoms with Crippen LogP contribution in [0.15, 0.2) is 95.5 Å². The molecule has 1 heterocycles. The van der Waals surface area contributed by atoms with E-state index >= 15 is 0 Å². The van der Waals surface area contributed by atoms with Crippen LogP contribution in [-0.4, -0.2) is 4.57 Å². The van der Waals surface area contributed by atoms with Crippen LogP contribution in [0.4, 0.5) is 0 Å². The zero-order valence-corrected chi connectivity index (χ0v) is 16.5. The van der Waals surface area contributed by atoms with Gasteiger partial charge in [-0.05, 0) is 65.7 Å². The summed E-state index contributed by atoms with van der Waals surface area (Å²) in [5.41, 5.74) is 6.44. The molecule has 0 radical (unpaired) electrons. The number of aromatic nitrogens is 1. The van der Waals surface area contributed by atoms with E-state index in [0.29, 0.717) is 5.56 Å². The van der Waals surface area contributed by atoms with Crippen LogP contribution < -0.4 is 0 Å². The molecule has 132 valence electrons. The van der Waals surface area contributed by atoms with E-state index < -0.39 is 0 Å². The van der Waals surface area contributed by atoms with Gasteiger partial charge in [0.05, 0.1) is 22.7 Å². The Morgan fingerprint density at radius 3 is 2.11 bits per heavy atom. The SMILES string of the molecule is N#Cc1ccc(-n2c3ccccc3c3cc(-c4ccc(Br)cc4)ccc32)cc1. The third-order valence-corrected chi connectivity index (χ3v) is 5.63. The van der Waals surface area contributed by atoms with Crippen LogP contribution in [0.25, 0.3) is 38.6 Å². The quantitative estimate of drug-likeness (QED) is 0.298. The molecule has 2 nitrogen and oxygen atoms in total. The summed E-state index contributed by atoms with van der Waals surface area (Å²) in [7, 11) is 0. The third kappa shape index (κ3) is 2.70. The van der Waals surface area contributed by atoms with Gasteiger partial charge in [-0.25, -0.2) is 0 Å². The molecular formula is C25H15BrN2. The smallest absolute Gasteiger partial charge is 0.0991 e. The third-order valence-electron chi connectivity index (χ3n) is 5.10. The molecule has 0 saturated heterocycles. The zero-order valence-electron chi connectivity index (χ0n) is 14.9. The number of para-hydroxylation sites is 1. The Labute approximate surface area is 171 Å². The highest BCUT2D eigenvalue weighted by Gasteiger charge is 2.13. The summed E-state index contributed by atoms with van der Waals surface area (Å²) in [6.45, 7) is 0. The minimum absolute atomic E-state index is 0.669. The molecule has 0 bridgehead atoms. The molecule has 0 spiro atoms. The lowest BCUT2D eigenvalue weighted by Gasteiger charge is -2.08. The molecule has 0 saturated carbocycles. The molecule has 28 heavy (non-hydrogen) atoms. The maximum Gasteiger partial charge on any atom is 0.0991 e. The van der Waals surface area contributed by atoms with Crippen molar-refractivity contribution in [2.24, 2.45) is 0 Å². The second kappa shape index (κ2) is 6.67. The second-order valence-electron chi connectivity index (χ2n) is 6.75. The van der Waals surface area contributed by atoms with Crippen molar-refractivity contribution in [1.29, 1.82) is 5.26 Å². The van der Waals surface area contributed by atoms with Gasteiger partial charge in [0.25, 0.3) is 0 Å². The van der Waals surface area contributed by atoms with E-state index in [4.69, 9.17) is 5.26 Å². The number of nitriles is 1. The molecule has 0 N–H and O–H groups in total. The standard InChI is InChI=1S/C25H15BrN2/c26-20-10-7-18(8-11-20)19-9-14-25-23(15-19)22-3-1-2-4-24(22)28(25)21-12-5-17(16-27)6-13-21/h1-15H. The number of benzene rings is 4. The van der Waals surface area contributed by atoms with Gasteiger partial charge in [0.15, 0.2) is 0 Å². The fourth-order valence-corrected chi connectivity index (χ4v) is 4.02. The minimum atomic E-state index is 0.669. The van der Waals surface area contributed by atoms with Crippen molar-refractivity contribution in [3.05, 3.63) is 101 Å². The zero-order chi connectivity index (χ0) is 19.1. The van der Waals surface area contributed by atoms with Gasteiger partial charge >= 0.3 is 0 Å². The van der Waals surface area contributed by atoms with Crippen LogP contribution in [-0.2, 0) is 0 Å². The Kier molecular flexibility index (Phi) is 4.00. The Morgan fingerprint density at radius 2 is 1.36 bits per heavy atom. The molecule has 0 aliphatic rings. The van der Waals surface area contributed by atoms with Gasteiger partial charge in [-0.15, -0.1) is 0 Å². The summed E-state index contributed by atoms with van der Waals surface area (Å²) in [5, 5.41) is 11.5. The molecule has 3 heteroatoms. The van der Waals surface area contributed by atoms with Crippen molar-refractivity contribution in [3.63, 3.8) is 0 Å². The van der Waals surface area contributed by atoms with Gasteiger partial charge in [0.2, 0.25) is 0 Å². The van der Waals surface area contributed by atoms with Crippen LogP contribution >= 0.6 is 15.9 Å². The van der Waals surface area contributed by atoms with E-state index in [1.54, 1.807) is 0 Å². The van der Waals surface area contributed by atoms with Gasteiger partial charge in [-0.3, -0.25) is 0 Å². The van der Waals surface area contributed by atoms with Crippen molar-refractivity contribution < 1.29 is 0 Å². The molecule has 0 aliphatic heterocycles. The van der Waals surface area contributed by atoms with Gasteiger partial charge < -0.3 is 4.57 Å². The highest BCUT2D eigenvalue weighted by Crippen LogP contribution is 2.35. The summed E-state index contributed by atoms with van der Waals surface area (Å²) in [5.74, 6) is 0. The predicted octanol–water partition coefficient (Wildman–Crippen LogP) is 7.08. The number of hydrogen-bond acceptors (Lipinski definition) is 1. The monoisotopic (exact) mass is 422 g/mol. The normalized spacial score (nSPS) is 11.0. The highest BCUT2D eigenvalue weighted by molar-refractivity contribution is 9.10. The fraction of sp³-hybridized carbons (Fsp3) is 0. The molecule has 0 atom stereocenters. The van der Waals surface area contributed by atoms with Crippen LogP contribution in [0.5, 0.6) is 0 Å². The first-order valence-electron chi connectivity index (χ1n) is 9.04. The Balaban J connectivity index is 1.78.